The summed E-state index contributed by atoms with van der Waals surface area (Å²) in [5, 5.41) is 3.80. The molecule has 0 aliphatic rings. The predicted octanol–water partition coefficient (Wildman–Crippen LogP) is 3.28. The first-order valence-corrected chi connectivity index (χ1v) is 8.51. The molecule has 0 aliphatic carbocycles. The fourth-order valence-corrected chi connectivity index (χ4v) is 2.84. The number of aryl methyl sites for hydroxylation is 1. The number of hydrogen-bond acceptors (Lipinski definition) is 5. The van der Waals surface area contributed by atoms with Crippen molar-refractivity contribution in [1.29, 1.82) is 0 Å². The normalized spacial score (nSPS) is 12.1. The fraction of sp³-hybridized carbons (Fsp3) is 0.278. The number of esters is 1. The Balaban J connectivity index is 2.05. The van der Waals surface area contributed by atoms with E-state index in [1.54, 1.807) is 19.2 Å². The minimum atomic E-state index is -0.425. The second-order valence-electron chi connectivity index (χ2n) is 5.10. The van der Waals surface area contributed by atoms with E-state index in [2.05, 4.69) is 10.3 Å². The highest BCUT2D eigenvalue weighted by molar-refractivity contribution is 7.12. The molecule has 1 N–H and O–H groups in total. The number of rotatable bonds is 7. The van der Waals surface area contributed by atoms with Crippen molar-refractivity contribution in [3.63, 3.8) is 0 Å². The van der Waals surface area contributed by atoms with Crippen LogP contribution in [0.1, 0.15) is 34.8 Å². The van der Waals surface area contributed by atoms with Crippen LogP contribution in [0.25, 0.3) is 6.08 Å². The molecule has 6 heteroatoms. The van der Waals surface area contributed by atoms with Gasteiger partial charge in [-0.15, -0.1) is 11.3 Å². The maximum absolute atomic E-state index is 12.2. The Kier molecular flexibility index (Phi) is 6.69. The van der Waals surface area contributed by atoms with E-state index >= 15 is 0 Å². The average Bonchev–Trinajstić information content (AvgIpc) is 2.99. The summed E-state index contributed by atoms with van der Waals surface area (Å²) in [4.78, 5) is 29.0. The number of nitrogens with one attached hydrogen (secondary N) is 1. The second-order valence-corrected chi connectivity index (χ2v) is 6.36. The van der Waals surface area contributed by atoms with Gasteiger partial charge in [0.15, 0.2) is 0 Å². The number of carbonyl (C=O) groups is 2. The van der Waals surface area contributed by atoms with Crippen LogP contribution in [0.2, 0.25) is 0 Å². The number of aromatic nitrogens is 1. The molecule has 126 valence electrons. The molecule has 1 unspecified atom stereocenters. The topological polar surface area (TPSA) is 68.3 Å². The van der Waals surface area contributed by atoms with Gasteiger partial charge in [-0.3, -0.25) is 9.59 Å². The molecular weight excluding hydrogens is 324 g/mol. The van der Waals surface area contributed by atoms with Crippen LogP contribution in [0.5, 0.6) is 0 Å². The van der Waals surface area contributed by atoms with E-state index in [1.807, 2.05) is 37.3 Å². The summed E-state index contributed by atoms with van der Waals surface area (Å²) in [6, 6.07) is 8.95. The molecular formula is C18H20N2O3S. The Morgan fingerprint density at radius 1 is 1.33 bits per heavy atom. The summed E-state index contributed by atoms with van der Waals surface area (Å²) >= 11 is 1.51. The van der Waals surface area contributed by atoms with Crippen LogP contribution >= 0.6 is 11.3 Å². The molecule has 2 rings (SSSR count). The fourth-order valence-electron chi connectivity index (χ4n) is 2.16. The third-order valence-corrected chi connectivity index (χ3v) is 4.11. The van der Waals surface area contributed by atoms with Crippen molar-refractivity contribution < 1.29 is 14.3 Å². The minimum Gasteiger partial charge on any atom is -0.466 e. The van der Waals surface area contributed by atoms with Crippen LogP contribution in [-0.2, 0) is 14.3 Å². The molecule has 1 amide bonds. The summed E-state index contributed by atoms with van der Waals surface area (Å²) in [6.07, 6.45) is 4.98. The summed E-state index contributed by atoms with van der Waals surface area (Å²) < 4.78 is 4.99. The van der Waals surface area contributed by atoms with E-state index in [4.69, 9.17) is 4.74 Å². The van der Waals surface area contributed by atoms with Crippen LogP contribution in [0.3, 0.4) is 0 Å². The molecule has 1 aromatic carbocycles. The highest BCUT2D eigenvalue weighted by Gasteiger charge is 2.18. The Hall–Kier alpha value is -2.47. The van der Waals surface area contributed by atoms with Gasteiger partial charge in [-0.05, 0) is 25.5 Å². The lowest BCUT2D eigenvalue weighted by Gasteiger charge is -2.17. The summed E-state index contributed by atoms with van der Waals surface area (Å²) in [5.41, 5.74) is 0.862. The Morgan fingerprint density at radius 3 is 2.71 bits per heavy atom. The van der Waals surface area contributed by atoms with E-state index in [9.17, 15) is 9.59 Å². The smallest absolute Gasteiger partial charge is 0.308 e. The SMILES string of the molecule is CCOC(=O)CC(NC(=O)/C=C/c1cnc(C)s1)c1ccccc1. The van der Waals surface area contributed by atoms with Gasteiger partial charge in [-0.25, -0.2) is 4.98 Å². The highest BCUT2D eigenvalue weighted by Crippen LogP contribution is 2.18. The number of nitrogens with zero attached hydrogens (tertiary/aromatic N) is 1. The highest BCUT2D eigenvalue weighted by atomic mass is 32.1. The Bertz CT molecular complexity index is 710. The lowest BCUT2D eigenvalue weighted by atomic mass is 10.0. The number of benzene rings is 1. The Morgan fingerprint density at radius 2 is 2.08 bits per heavy atom. The van der Waals surface area contributed by atoms with Crippen molar-refractivity contribution in [1.82, 2.24) is 10.3 Å². The number of carbonyl (C=O) groups excluding carboxylic acids is 2. The largest absolute Gasteiger partial charge is 0.466 e. The number of thiazole rings is 1. The monoisotopic (exact) mass is 344 g/mol. The van der Waals surface area contributed by atoms with Crippen LogP contribution < -0.4 is 5.32 Å². The van der Waals surface area contributed by atoms with Gasteiger partial charge in [0.1, 0.15) is 0 Å². The summed E-state index contributed by atoms with van der Waals surface area (Å²) in [5.74, 6) is -0.604. The zero-order valence-corrected chi connectivity index (χ0v) is 14.5. The van der Waals surface area contributed by atoms with Crippen LogP contribution in [0.4, 0.5) is 0 Å². The first-order chi connectivity index (χ1) is 11.6. The zero-order chi connectivity index (χ0) is 17.4. The lowest BCUT2D eigenvalue weighted by Crippen LogP contribution is -2.29. The molecule has 0 bridgehead atoms. The predicted molar refractivity (Wildman–Crippen MR) is 94.5 cm³/mol. The molecule has 1 heterocycles. The number of amides is 1. The van der Waals surface area contributed by atoms with Gasteiger partial charge in [0.2, 0.25) is 5.91 Å². The first-order valence-electron chi connectivity index (χ1n) is 7.70. The van der Waals surface area contributed by atoms with Gasteiger partial charge >= 0.3 is 5.97 Å². The van der Waals surface area contributed by atoms with E-state index in [1.165, 1.54) is 17.4 Å². The van der Waals surface area contributed by atoms with E-state index in [0.29, 0.717) is 6.61 Å². The minimum absolute atomic E-state index is 0.0943. The van der Waals surface area contributed by atoms with Crippen LogP contribution in [0.15, 0.2) is 42.6 Å². The molecule has 5 nitrogen and oxygen atoms in total. The molecule has 0 fully saturated rings. The standard InChI is InChI=1S/C18H20N2O3S/c1-3-23-18(22)11-16(14-7-5-4-6-8-14)20-17(21)10-9-15-12-19-13(2)24-15/h4-10,12,16H,3,11H2,1-2H3,(H,20,21)/b10-9+. The first kappa shape index (κ1) is 17.9. The van der Waals surface area contributed by atoms with Crippen molar-refractivity contribution in [2.75, 3.05) is 6.61 Å². The molecule has 2 aromatic rings. The van der Waals surface area contributed by atoms with Gasteiger partial charge in [0.05, 0.1) is 24.1 Å². The third kappa shape index (κ3) is 5.62. The maximum Gasteiger partial charge on any atom is 0.308 e. The molecule has 24 heavy (non-hydrogen) atoms. The van der Waals surface area contributed by atoms with Crippen LogP contribution in [-0.4, -0.2) is 23.5 Å². The van der Waals surface area contributed by atoms with Gasteiger partial charge in [-0.1, -0.05) is 30.3 Å². The lowest BCUT2D eigenvalue weighted by molar-refractivity contribution is -0.143. The molecule has 0 saturated heterocycles. The maximum atomic E-state index is 12.2. The average molecular weight is 344 g/mol. The van der Waals surface area contributed by atoms with Gasteiger partial charge in [0.25, 0.3) is 0 Å². The summed E-state index contributed by atoms with van der Waals surface area (Å²) in [6.45, 7) is 3.99. The Labute approximate surface area is 145 Å². The second kappa shape index (κ2) is 8.98. The molecule has 1 atom stereocenters. The number of hydrogen-bond donors (Lipinski definition) is 1. The van der Waals surface area contributed by atoms with Crippen molar-refractivity contribution in [3.8, 4) is 0 Å². The molecule has 0 saturated carbocycles. The van der Waals surface area contributed by atoms with E-state index in [0.717, 1.165) is 15.4 Å². The summed E-state index contributed by atoms with van der Waals surface area (Å²) in [7, 11) is 0. The van der Waals surface area contributed by atoms with Gasteiger partial charge in [0, 0.05) is 17.2 Å². The zero-order valence-electron chi connectivity index (χ0n) is 13.7. The molecule has 0 radical (unpaired) electrons. The van der Waals surface area contributed by atoms with E-state index < -0.39 is 6.04 Å². The quantitative estimate of drug-likeness (QED) is 0.618. The third-order valence-electron chi connectivity index (χ3n) is 3.23. The van der Waals surface area contributed by atoms with E-state index in [-0.39, 0.29) is 18.3 Å². The van der Waals surface area contributed by atoms with Crippen molar-refractivity contribution in [3.05, 3.63) is 58.1 Å². The van der Waals surface area contributed by atoms with Crippen molar-refractivity contribution in [2.24, 2.45) is 0 Å². The van der Waals surface area contributed by atoms with Crippen molar-refractivity contribution >= 4 is 29.3 Å². The van der Waals surface area contributed by atoms with Crippen LogP contribution in [0, 0.1) is 6.92 Å². The molecule has 1 aromatic heterocycles. The van der Waals surface area contributed by atoms with Gasteiger partial charge in [-0.2, -0.15) is 0 Å². The molecule has 0 aliphatic heterocycles. The number of ether oxygens (including phenoxy) is 1. The van der Waals surface area contributed by atoms with Crippen molar-refractivity contribution in [2.45, 2.75) is 26.3 Å². The molecule has 0 spiro atoms. The van der Waals surface area contributed by atoms with Gasteiger partial charge < -0.3 is 10.1 Å².